The number of amides is 1. The molecule has 0 unspecified atom stereocenters. The van der Waals surface area contributed by atoms with E-state index in [0.717, 1.165) is 16.1 Å². The number of esters is 1. The van der Waals surface area contributed by atoms with E-state index < -0.39 is 5.97 Å². The molecule has 1 aromatic carbocycles. The van der Waals surface area contributed by atoms with Crippen LogP contribution in [-0.2, 0) is 9.53 Å². The highest BCUT2D eigenvalue weighted by atomic mass is 32.1. The fraction of sp³-hybridized carbons (Fsp3) is 0.333. The van der Waals surface area contributed by atoms with Crippen molar-refractivity contribution in [3.63, 3.8) is 0 Å². The normalized spacial score (nSPS) is 10.2. The molecule has 2 aromatic rings. The molecule has 0 aliphatic carbocycles. The second-order valence-corrected chi connectivity index (χ2v) is 6.85. The van der Waals surface area contributed by atoms with E-state index >= 15 is 0 Å². The molecule has 1 amide bonds. The van der Waals surface area contributed by atoms with Gasteiger partial charge in [0.2, 0.25) is 0 Å². The predicted molar refractivity (Wildman–Crippen MR) is 95.6 cm³/mol. The summed E-state index contributed by atoms with van der Waals surface area (Å²) >= 11 is 1.22. The monoisotopic (exact) mass is 357 g/mol. The van der Waals surface area contributed by atoms with Crippen LogP contribution < -0.4 is 4.90 Å². The minimum atomic E-state index is -0.570. The van der Waals surface area contributed by atoms with Crippen LogP contribution in [0.15, 0.2) is 24.4 Å². The smallest absolute Gasteiger partial charge is 0.350 e. The van der Waals surface area contributed by atoms with Crippen LogP contribution in [0.3, 0.4) is 0 Å². The molecule has 0 fully saturated rings. The molecule has 0 spiro atoms. The zero-order chi connectivity index (χ0) is 18.4. The molecule has 130 valence electrons. The van der Waals surface area contributed by atoms with Gasteiger partial charge < -0.3 is 9.64 Å². The van der Waals surface area contributed by atoms with E-state index in [2.05, 4.69) is 4.98 Å². The first-order chi connectivity index (χ1) is 11.9. The molecule has 0 N–H and O–H groups in total. The zero-order valence-corrected chi connectivity index (χ0v) is 15.2. The molecule has 0 aliphatic heterocycles. The molecule has 0 radical (unpaired) electrons. The summed E-state index contributed by atoms with van der Waals surface area (Å²) in [4.78, 5) is 30.3. The zero-order valence-electron chi connectivity index (χ0n) is 14.4. The van der Waals surface area contributed by atoms with E-state index in [1.54, 1.807) is 6.92 Å². The third kappa shape index (κ3) is 5.13. The molecule has 0 bridgehead atoms. The van der Waals surface area contributed by atoms with Crippen LogP contribution >= 0.6 is 11.3 Å². The molecule has 0 atom stereocenters. The number of carbonyl (C=O) groups is 2. The van der Waals surface area contributed by atoms with E-state index in [1.165, 1.54) is 22.4 Å². The lowest BCUT2D eigenvalue weighted by Gasteiger charge is -2.22. The van der Waals surface area contributed by atoms with E-state index in [0.29, 0.717) is 10.6 Å². The van der Waals surface area contributed by atoms with Crippen molar-refractivity contribution >= 4 is 28.9 Å². The van der Waals surface area contributed by atoms with Crippen molar-refractivity contribution in [3.05, 3.63) is 45.4 Å². The first kappa shape index (κ1) is 18.6. The lowest BCUT2D eigenvalue weighted by Crippen LogP contribution is -2.35. The number of nitrogens with zero attached hydrogens (tertiary/aromatic N) is 3. The number of aryl methyl sites for hydroxylation is 3. The largest absolute Gasteiger partial charge is 0.451 e. The Bertz CT molecular complexity index is 803. The topological polar surface area (TPSA) is 83.3 Å². The second kappa shape index (κ2) is 8.40. The van der Waals surface area contributed by atoms with Gasteiger partial charge in [-0.15, -0.1) is 11.3 Å². The van der Waals surface area contributed by atoms with Crippen LogP contribution in [0.25, 0.3) is 0 Å². The third-order valence-corrected chi connectivity index (χ3v) is 4.31. The summed E-state index contributed by atoms with van der Waals surface area (Å²) in [6.07, 6.45) is 1.63. The van der Waals surface area contributed by atoms with Gasteiger partial charge in [0, 0.05) is 12.2 Å². The number of nitriles is 1. The Morgan fingerprint density at radius 2 is 1.92 bits per heavy atom. The van der Waals surface area contributed by atoms with Gasteiger partial charge in [0.25, 0.3) is 5.91 Å². The molecule has 0 saturated carbocycles. The Balaban J connectivity index is 2.10. The van der Waals surface area contributed by atoms with Gasteiger partial charge in [-0.2, -0.15) is 5.26 Å². The third-order valence-electron chi connectivity index (χ3n) is 3.42. The Kier molecular flexibility index (Phi) is 6.25. The molecule has 1 heterocycles. The van der Waals surface area contributed by atoms with Crippen molar-refractivity contribution in [2.45, 2.75) is 27.2 Å². The maximum absolute atomic E-state index is 12.5. The van der Waals surface area contributed by atoms with Crippen molar-refractivity contribution < 1.29 is 14.3 Å². The van der Waals surface area contributed by atoms with Gasteiger partial charge in [-0.25, -0.2) is 9.78 Å². The van der Waals surface area contributed by atoms with Crippen molar-refractivity contribution in [1.82, 2.24) is 4.98 Å². The van der Waals surface area contributed by atoms with E-state index in [-0.39, 0.29) is 25.5 Å². The summed E-state index contributed by atoms with van der Waals surface area (Å²) in [5.74, 6) is -0.936. The van der Waals surface area contributed by atoms with Crippen LogP contribution in [-0.4, -0.2) is 30.0 Å². The van der Waals surface area contributed by atoms with E-state index in [1.807, 2.05) is 38.1 Å². The summed E-state index contributed by atoms with van der Waals surface area (Å²) in [5, 5.41) is 9.60. The van der Waals surface area contributed by atoms with Crippen LogP contribution in [0.1, 0.15) is 32.2 Å². The minimum Gasteiger partial charge on any atom is -0.451 e. The Morgan fingerprint density at radius 1 is 1.24 bits per heavy atom. The highest BCUT2D eigenvalue weighted by molar-refractivity contribution is 7.13. The van der Waals surface area contributed by atoms with Gasteiger partial charge in [-0.1, -0.05) is 6.07 Å². The maximum atomic E-state index is 12.5. The van der Waals surface area contributed by atoms with Crippen molar-refractivity contribution in [2.24, 2.45) is 0 Å². The van der Waals surface area contributed by atoms with Gasteiger partial charge in [0.05, 0.1) is 23.7 Å². The number of hydrogen-bond donors (Lipinski definition) is 0. The standard InChI is InChI=1S/C18H19N3O3S/c1-12-7-13(2)9-15(8-12)21(6-4-5-19)17(22)11-24-18(23)16-10-20-14(3)25-16/h7-10H,4,6,11H2,1-3H3. The summed E-state index contributed by atoms with van der Waals surface area (Å²) in [6.45, 7) is 5.53. The summed E-state index contributed by atoms with van der Waals surface area (Å²) < 4.78 is 5.10. The number of carbonyl (C=O) groups excluding carboxylic acids is 2. The van der Waals surface area contributed by atoms with Crippen LogP contribution in [0.5, 0.6) is 0 Å². The van der Waals surface area contributed by atoms with Gasteiger partial charge in [-0.05, 0) is 44.0 Å². The lowest BCUT2D eigenvalue weighted by atomic mass is 10.1. The molecule has 25 heavy (non-hydrogen) atoms. The van der Waals surface area contributed by atoms with E-state index in [9.17, 15) is 9.59 Å². The molecular formula is C18H19N3O3S. The van der Waals surface area contributed by atoms with Crippen molar-refractivity contribution in [3.8, 4) is 6.07 Å². The molecule has 0 saturated heterocycles. The number of anilines is 1. The minimum absolute atomic E-state index is 0.195. The number of benzene rings is 1. The van der Waals surface area contributed by atoms with Crippen molar-refractivity contribution in [1.29, 1.82) is 5.26 Å². The van der Waals surface area contributed by atoms with Gasteiger partial charge >= 0.3 is 5.97 Å². The number of rotatable bonds is 6. The summed E-state index contributed by atoms with van der Waals surface area (Å²) in [5.41, 5.74) is 2.73. The second-order valence-electron chi connectivity index (χ2n) is 5.62. The van der Waals surface area contributed by atoms with Crippen LogP contribution in [0, 0.1) is 32.1 Å². The number of aromatic nitrogens is 1. The molecule has 0 aliphatic rings. The van der Waals surface area contributed by atoms with E-state index in [4.69, 9.17) is 10.00 Å². The Hall–Kier alpha value is -2.72. The maximum Gasteiger partial charge on any atom is 0.350 e. The number of hydrogen-bond acceptors (Lipinski definition) is 6. The fourth-order valence-corrected chi connectivity index (χ4v) is 3.07. The first-order valence-electron chi connectivity index (χ1n) is 7.76. The van der Waals surface area contributed by atoms with Crippen LogP contribution in [0.4, 0.5) is 5.69 Å². The van der Waals surface area contributed by atoms with Gasteiger partial charge in [0.15, 0.2) is 6.61 Å². The Labute approximate surface area is 150 Å². The van der Waals surface area contributed by atoms with Gasteiger partial charge in [-0.3, -0.25) is 4.79 Å². The molecule has 1 aromatic heterocycles. The average molecular weight is 357 g/mol. The molecule has 6 nitrogen and oxygen atoms in total. The number of ether oxygens (including phenoxy) is 1. The summed E-state index contributed by atoms with van der Waals surface area (Å²) in [7, 11) is 0. The van der Waals surface area contributed by atoms with Crippen LogP contribution in [0.2, 0.25) is 0 Å². The summed E-state index contributed by atoms with van der Waals surface area (Å²) in [6, 6.07) is 7.78. The van der Waals surface area contributed by atoms with Gasteiger partial charge in [0.1, 0.15) is 4.88 Å². The quantitative estimate of drug-likeness (QED) is 0.742. The molecular weight excluding hydrogens is 338 g/mol. The highest BCUT2D eigenvalue weighted by Crippen LogP contribution is 2.20. The Morgan fingerprint density at radius 3 is 2.48 bits per heavy atom. The first-order valence-corrected chi connectivity index (χ1v) is 8.57. The number of thiazole rings is 1. The average Bonchev–Trinajstić information content (AvgIpc) is 2.98. The lowest BCUT2D eigenvalue weighted by molar-refractivity contribution is -0.121. The highest BCUT2D eigenvalue weighted by Gasteiger charge is 2.19. The fourth-order valence-electron chi connectivity index (χ4n) is 2.40. The molecule has 7 heteroatoms. The predicted octanol–water partition coefficient (Wildman–Crippen LogP) is 3.17. The van der Waals surface area contributed by atoms with Crippen molar-refractivity contribution in [2.75, 3.05) is 18.1 Å². The SMILES string of the molecule is Cc1cc(C)cc(N(CCC#N)C(=O)COC(=O)c2cnc(C)s2)c1. The molecule has 2 rings (SSSR count).